The van der Waals surface area contributed by atoms with Crippen molar-refractivity contribution >= 4 is 21.5 Å². The predicted molar refractivity (Wildman–Crippen MR) is 147 cm³/mol. The highest BCUT2D eigenvalue weighted by atomic mass is 16.3. The Balaban J connectivity index is 1.50. The minimum atomic E-state index is 0.177. The molecule has 0 radical (unpaired) electrons. The van der Waals surface area contributed by atoms with Crippen LogP contribution in [0.3, 0.4) is 0 Å². The van der Waals surface area contributed by atoms with Crippen molar-refractivity contribution in [1.29, 1.82) is 0 Å². The van der Waals surface area contributed by atoms with Gasteiger partial charge in [-0.2, -0.15) is 0 Å². The van der Waals surface area contributed by atoms with E-state index in [-0.39, 0.29) is 11.5 Å². The minimum absolute atomic E-state index is 0.177. The number of benzene rings is 5. The van der Waals surface area contributed by atoms with Gasteiger partial charge in [0.2, 0.25) is 0 Å². The van der Waals surface area contributed by atoms with Crippen LogP contribution < -0.4 is 0 Å². The Kier molecular flexibility index (Phi) is 6.46. The minimum Gasteiger partial charge on any atom is -0.507 e. The Morgan fingerprint density at radius 2 is 1.29 bits per heavy atom. The molecule has 0 amide bonds. The first-order chi connectivity index (χ1) is 17.0. The monoisotopic (exact) mass is 460 g/mol. The molecule has 2 atom stereocenters. The maximum atomic E-state index is 10.9. The predicted octanol–water partition coefficient (Wildman–Crippen LogP) is 8.83. The van der Waals surface area contributed by atoms with Gasteiger partial charge >= 0.3 is 0 Å². The van der Waals surface area contributed by atoms with E-state index in [4.69, 9.17) is 0 Å². The molecule has 176 valence electrons. The van der Waals surface area contributed by atoms with E-state index in [0.29, 0.717) is 23.0 Å². The first-order valence-corrected chi connectivity index (χ1v) is 12.6. The summed E-state index contributed by atoms with van der Waals surface area (Å²) in [5.74, 6) is 1.48. The highest BCUT2D eigenvalue weighted by Gasteiger charge is 2.18. The van der Waals surface area contributed by atoms with Crippen molar-refractivity contribution in [3.63, 3.8) is 0 Å². The molecular formula is C33H32O2. The van der Waals surface area contributed by atoms with Gasteiger partial charge in [0.05, 0.1) is 0 Å². The number of rotatable bonds is 7. The molecule has 0 aromatic heterocycles. The van der Waals surface area contributed by atoms with Gasteiger partial charge in [-0.1, -0.05) is 105 Å². The second kappa shape index (κ2) is 9.84. The van der Waals surface area contributed by atoms with Gasteiger partial charge in [-0.15, -0.1) is 0 Å². The van der Waals surface area contributed by atoms with Gasteiger partial charge in [-0.3, -0.25) is 0 Å². The van der Waals surface area contributed by atoms with Crippen LogP contribution in [0.1, 0.15) is 43.7 Å². The van der Waals surface area contributed by atoms with E-state index < -0.39 is 0 Å². The largest absolute Gasteiger partial charge is 0.507 e. The van der Waals surface area contributed by atoms with Crippen molar-refractivity contribution in [3.8, 4) is 22.6 Å². The van der Waals surface area contributed by atoms with Gasteiger partial charge < -0.3 is 10.2 Å². The van der Waals surface area contributed by atoms with Crippen LogP contribution in [-0.2, 0) is 6.42 Å². The lowest BCUT2D eigenvalue weighted by atomic mass is 9.84. The zero-order valence-electron chi connectivity index (χ0n) is 20.4. The fraction of sp³-hybridized carbons (Fsp3) is 0.212. The van der Waals surface area contributed by atoms with Crippen molar-refractivity contribution < 1.29 is 10.2 Å². The highest BCUT2D eigenvalue weighted by molar-refractivity contribution is 6.09. The molecule has 0 heterocycles. The van der Waals surface area contributed by atoms with Crippen LogP contribution in [-0.4, -0.2) is 10.2 Å². The Bertz CT molecular complexity index is 1470. The summed E-state index contributed by atoms with van der Waals surface area (Å²) in [5, 5.41) is 25.7. The van der Waals surface area contributed by atoms with Crippen molar-refractivity contribution in [2.75, 3.05) is 0 Å². The van der Waals surface area contributed by atoms with Gasteiger partial charge in [0.25, 0.3) is 0 Å². The van der Waals surface area contributed by atoms with Crippen LogP contribution in [0.4, 0.5) is 0 Å². The van der Waals surface area contributed by atoms with E-state index in [1.54, 1.807) is 12.1 Å². The molecular weight excluding hydrogens is 428 g/mol. The fourth-order valence-electron chi connectivity index (χ4n) is 5.43. The van der Waals surface area contributed by atoms with Crippen LogP contribution in [0.25, 0.3) is 32.7 Å². The lowest BCUT2D eigenvalue weighted by Gasteiger charge is -2.21. The van der Waals surface area contributed by atoms with Crippen LogP contribution in [0.2, 0.25) is 0 Å². The molecule has 2 N–H and O–H groups in total. The molecule has 5 aromatic rings. The average molecular weight is 461 g/mol. The lowest BCUT2D eigenvalue weighted by Crippen LogP contribution is -2.08. The smallest absolute Gasteiger partial charge is 0.124 e. The first-order valence-electron chi connectivity index (χ1n) is 12.6. The third-order valence-corrected chi connectivity index (χ3v) is 7.38. The third-order valence-electron chi connectivity index (χ3n) is 7.38. The summed E-state index contributed by atoms with van der Waals surface area (Å²) in [6.45, 7) is 4.60. The number of phenols is 2. The summed E-state index contributed by atoms with van der Waals surface area (Å²) in [7, 11) is 0. The van der Waals surface area contributed by atoms with Gasteiger partial charge in [-0.25, -0.2) is 0 Å². The molecule has 5 aromatic carbocycles. The summed E-state index contributed by atoms with van der Waals surface area (Å²) in [5.41, 5.74) is 4.08. The molecule has 0 spiro atoms. The quantitative estimate of drug-likeness (QED) is 0.255. The molecule has 0 aliphatic heterocycles. The molecule has 0 bridgehead atoms. The molecule has 5 rings (SSSR count). The molecule has 35 heavy (non-hydrogen) atoms. The van der Waals surface area contributed by atoms with Crippen molar-refractivity contribution in [2.24, 2.45) is 5.92 Å². The third kappa shape index (κ3) is 4.61. The zero-order chi connectivity index (χ0) is 24.4. The molecule has 0 aliphatic carbocycles. The highest BCUT2D eigenvalue weighted by Crippen LogP contribution is 2.44. The second-order valence-corrected chi connectivity index (χ2v) is 9.72. The SMILES string of the molecule is CCC(Cc1ccc2c(-c3c(O)ccc4ccccc34)c(O)ccc2c1)CC(C)c1ccccc1. The maximum Gasteiger partial charge on any atom is 0.124 e. The van der Waals surface area contributed by atoms with E-state index in [9.17, 15) is 10.2 Å². The number of hydrogen-bond acceptors (Lipinski definition) is 2. The maximum absolute atomic E-state index is 10.9. The second-order valence-electron chi connectivity index (χ2n) is 9.72. The van der Waals surface area contributed by atoms with Crippen LogP contribution in [0.15, 0.2) is 97.1 Å². The van der Waals surface area contributed by atoms with E-state index >= 15 is 0 Å². The van der Waals surface area contributed by atoms with Gasteiger partial charge in [0.15, 0.2) is 0 Å². The number of fused-ring (bicyclic) bond motifs is 2. The van der Waals surface area contributed by atoms with E-state index in [1.165, 1.54) is 11.1 Å². The molecule has 0 aliphatic rings. The molecule has 0 fully saturated rings. The Morgan fingerprint density at radius 1 is 0.657 bits per heavy atom. The summed E-state index contributed by atoms with van der Waals surface area (Å²) >= 11 is 0. The van der Waals surface area contributed by atoms with Gasteiger partial charge in [0.1, 0.15) is 11.5 Å². The first kappa shape index (κ1) is 23.0. The lowest BCUT2D eigenvalue weighted by molar-refractivity contribution is 0.432. The van der Waals surface area contributed by atoms with Crippen molar-refractivity contribution in [2.45, 2.75) is 39.0 Å². The van der Waals surface area contributed by atoms with Crippen LogP contribution in [0, 0.1) is 5.92 Å². The topological polar surface area (TPSA) is 40.5 Å². The van der Waals surface area contributed by atoms with Crippen molar-refractivity contribution in [3.05, 3.63) is 108 Å². The molecule has 2 unspecified atom stereocenters. The Labute approximate surface area is 207 Å². The van der Waals surface area contributed by atoms with Gasteiger partial charge in [0, 0.05) is 11.1 Å². The fourth-order valence-corrected chi connectivity index (χ4v) is 5.43. The zero-order valence-corrected chi connectivity index (χ0v) is 20.4. The summed E-state index contributed by atoms with van der Waals surface area (Å²) in [6.07, 6.45) is 3.32. The molecule has 2 heteroatoms. The Hall–Kier alpha value is -3.78. The number of phenolic OH excluding ortho intramolecular Hbond substituents is 2. The van der Waals surface area contributed by atoms with Crippen LogP contribution >= 0.6 is 0 Å². The van der Waals surface area contributed by atoms with Crippen molar-refractivity contribution in [1.82, 2.24) is 0 Å². The standard InChI is InChI=1S/C33H32O2/c1-3-23(19-22(2)25-9-5-4-6-10-25)20-24-13-16-29-27(21-24)15-18-31(35)33(29)32-28-12-8-7-11-26(28)14-17-30(32)34/h4-18,21-23,34-35H,3,19-20H2,1-2H3. The van der Waals surface area contributed by atoms with Gasteiger partial charge in [-0.05, 0) is 69.5 Å². The normalized spacial score (nSPS) is 13.2. The molecule has 0 saturated carbocycles. The van der Waals surface area contributed by atoms with E-state index in [1.807, 2.05) is 36.4 Å². The number of hydrogen-bond donors (Lipinski definition) is 2. The van der Waals surface area contributed by atoms with E-state index in [2.05, 4.69) is 62.4 Å². The summed E-state index contributed by atoms with van der Waals surface area (Å²) in [6, 6.07) is 32.6. The molecule has 0 saturated heterocycles. The summed E-state index contributed by atoms with van der Waals surface area (Å²) < 4.78 is 0. The van der Waals surface area contributed by atoms with Crippen LogP contribution in [0.5, 0.6) is 11.5 Å². The Morgan fingerprint density at radius 3 is 2.00 bits per heavy atom. The van der Waals surface area contributed by atoms with E-state index in [0.717, 1.165) is 40.8 Å². The molecule has 2 nitrogen and oxygen atoms in total. The summed E-state index contributed by atoms with van der Waals surface area (Å²) in [4.78, 5) is 0. The average Bonchev–Trinajstić information content (AvgIpc) is 2.89. The number of aromatic hydroxyl groups is 2.